The Hall–Kier alpha value is -0.170. The maximum absolute atomic E-state index is 12.2. The Morgan fingerprint density at radius 3 is 2.53 bits per heavy atom. The molecular weight excluding hydrogens is 262 g/mol. The van der Waals surface area contributed by atoms with E-state index >= 15 is 0 Å². The number of nitrogens with zero attached hydrogens (tertiary/aromatic N) is 1. The van der Waals surface area contributed by atoms with Gasteiger partial charge in [-0.25, -0.2) is 4.72 Å². The first-order chi connectivity index (χ1) is 9.12. The van der Waals surface area contributed by atoms with E-state index in [1.54, 1.807) is 4.31 Å². The summed E-state index contributed by atoms with van der Waals surface area (Å²) in [6.07, 6.45) is 6.94. The van der Waals surface area contributed by atoms with Crippen molar-refractivity contribution in [2.75, 3.05) is 33.2 Å². The summed E-state index contributed by atoms with van der Waals surface area (Å²) in [6, 6.07) is 0. The molecule has 2 rings (SSSR count). The lowest BCUT2D eigenvalue weighted by molar-refractivity contribution is 0.258. The molecule has 19 heavy (non-hydrogen) atoms. The van der Waals surface area contributed by atoms with Crippen molar-refractivity contribution in [3.8, 4) is 0 Å². The third kappa shape index (κ3) is 4.41. The Morgan fingerprint density at radius 1 is 1.16 bits per heavy atom. The minimum absolute atomic E-state index is 0.446. The topological polar surface area (TPSA) is 61.4 Å². The van der Waals surface area contributed by atoms with E-state index in [1.807, 2.05) is 7.05 Å². The summed E-state index contributed by atoms with van der Waals surface area (Å²) in [7, 11) is -1.34. The molecule has 1 aliphatic carbocycles. The van der Waals surface area contributed by atoms with E-state index in [-0.39, 0.29) is 0 Å². The molecule has 5 nitrogen and oxygen atoms in total. The lowest BCUT2D eigenvalue weighted by Crippen LogP contribution is -2.47. The van der Waals surface area contributed by atoms with Crippen molar-refractivity contribution in [2.24, 2.45) is 11.8 Å². The zero-order valence-electron chi connectivity index (χ0n) is 11.9. The van der Waals surface area contributed by atoms with Crippen molar-refractivity contribution >= 4 is 10.2 Å². The second-order valence-electron chi connectivity index (χ2n) is 5.91. The van der Waals surface area contributed by atoms with Gasteiger partial charge < -0.3 is 5.32 Å². The molecule has 1 unspecified atom stereocenters. The highest BCUT2D eigenvalue weighted by Gasteiger charge is 2.28. The first-order valence-corrected chi connectivity index (χ1v) is 8.95. The molecule has 2 N–H and O–H groups in total. The van der Waals surface area contributed by atoms with Crippen LogP contribution < -0.4 is 10.0 Å². The van der Waals surface area contributed by atoms with E-state index in [2.05, 4.69) is 10.0 Å². The molecule has 1 saturated heterocycles. The SMILES string of the molecule is CNCC1CCCN(S(=O)(=O)NCCC2CCC2)C1. The maximum atomic E-state index is 12.2. The van der Waals surface area contributed by atoms with Gasteiger partial charge in [0, 0.05) is 19.6 Å². The van der Waals surface area contributed by atoms with E-state index in [4.69, 9.17) is 0 Å². The van der Waals surface area contributed by atoms with E-state index < -0.39 is 10.2 Å². The largest absolute Gasteiger partial charge is 0.319 e. The van der Waals surface area contributed by atoms with Crippen LogP contribution in [0.2, 0.25) is 0 Å². The van der Waals surface area contributed by atoms with Crippen LogP contribution in [0.4, 0.5) is 0 Å². The van der Waals surface area contributed by atoms with Gasteiger partial charge in [-0.3, -0.25) is 0 Å². The predicted molar refractivity (Wildman–Crippen MR) is 77.1 cm³/mol. The molecule has 2 fully saturated rings. The molecule has 0 radical (unpaired) electrons. The first-order valence-electron chi connectivity index (χ1n) is 7.51. The minimum atomic E-state index is -3.26. The van der Waals surface area contributed by atoms with Crippen LogP contribution in [-0.4, -0.2) is 45.9 Å². The van der Waals surface area contributed by atoms with Crippen molar-refractivity contribution in [3.63, 3.8) is 0 Å². The fourth-order valence-electron chi connectivity index (χ4n) is 2.97. The zero-order valence-corrected chi connectivity index (χ0v) is 12.7. The van der Waals surface area contributed by atoms with E-state index in [0.29, 0.717) is 25.6 Å². The molecule has 0 bridgehead atoms. The van der Waals surface area contributed by atoms with Gasteiger partial charge in [-0.05, 0) is 44.7 Å². The standard InChI is InChI=1S/C13H27N3O2S/c1-14-10-13-6-3-9-16(11-13)19(17,18)15-8-7-12-4-2-5-12/h12-15H,2-11H2,1H3. The molecule has 0 amide bonds. The third-order valence-electron chi connectivity index (χ3n) is 4.38. The molecular formula is C13H27N3O2S. The third-order valence-corrected chi connectivity index (χ3v) is 5.96. The molecule has 0 aromatic heterocycles. The lowest BCUT2D eigenvalue weighted by atomic mass is 9.83. The highest BCUT2D eigenvalue weighted by Crippen LogP contribution is 2.28. The van der Waals surface area contributed by atoms with Crippen LogP contribution in [0.5, 0.6) is 0 Å². The van der Waals surface area contributed by atoms with Crippen LogP contribution >= 0.6 is 0 Å². The van der Waals surface area contributed by atoms with Gasteiger partial charge in [0.25, 0.3) is 10.2 Å². The molecule has 2 aliphatic rings. The van der Waals surface area contributed by atoms with E-state index in [0.717, 1.165) is 31.7 Å². The van der Waals surface area contributed by atoms with E-state index in [9.17, 15) is 8.42 Å². The van der Waals surface area contributed by atoms with Crippen molar-refractivity contribution in [3.05, 3.63) is 0 Å². The highest BCUT2D eigenvalue weighted by molar-refractivity contribution is 7.87. The molecule has 0 aromatic rings. The Labute approximate surface area is 117 Å². The second kappa shape index (κ2) is 7.02. The fraction of sp³-hybridized carbons (Fsp3) is 1.00. The number of rotatable bonds is 7. The average molecular weight is 289 g/mol. The van der Waals surface area contributed by atoms with Gasteiger partial charge in [-0.1, -0.05) is 19.3 Å². The average Bonchev–Trinajstić information content (AvgIpc) is 2.33. The van der Waals surface area contributed by atoms with Gasteiger partial charge in [0.05, 0.1) is 0 Å². The Balaban J connectivity index is 1.76. The maximum Gasteiger partial charge on any atom is 0.279 e. The monoisotopic (exact) mass is 289 g/mol. The number of nitrogens with one attached hydrogen (secondary N) is 2. The summed E-state index contributed by atoms with van der Waals surface area (Å²) < 4.78 is 28.8. The highest BCUT2D eigenvalue weighted by atomic mass is 32.2. The summed E-state index contributed by atoms with van der Waals surface area (Å²) in [5.74, 6) is 1.20. The van der Waals surface area contributed by atoms with Crippen molar-refractivity contribution in [1.29, 1.82) is 0 Å². The van der Waals surface area contributed by atoms with Crippen molar-refractivity contribution < 1.29 is 8.42 Å². The van der Waals surface area contributed by atoms with Gasteiger partial charge in [0.1, 0.15) is 0 Å². The second-order valence-corrected chi connectivity index (χ2v) is 7.66. The molecule has 1 aliphatic heterocycles. The summed E-state index contributed by atoms with van der Waals surface area (Å²) in [4.78, 5) is 0. The predicted octanol–water partition coefficient (Wildman–Crippen LogP) is 0.942. The van der Waals surface area contributed by atoms with E-state index in [1.165, 1.54) is 19.3 Å². The van der Waals surface area contributed by atoms with Crippen LogP contribution in [0.3, 0.4) is 0 Å². The van der Waals surface area contributed by atoms with Gasteiger partial charge in [0.15, 0.2) is 0 Å². The molecule has 6 heteroatoms. The molecule has 1 atom stereocenters. The Kier molecular flexibility index (Phi) is 5.62. The minimum Gasteiger partial charge on any atom is -0.319 e. The number of hydrogen-bond donors (Lipinski definition) is 2. The molecule has 0 aromatic carbocycles. The van der Waals surface area contributed by atoms with Gasteiger partial charge >= 0.3 is 0 Å². The normalized spacial score (nSPS) is 26.3. The lowest BCUT2D eigenvalue weighted by Gasteiger charge is -2.32. The molecule has 112 valence electrons. The summed E-state index contributed by atoms with van der Waals surface area (Å²) in [5, 5.41) is 3.14. The number of piperidine rings is 1. The van der Waals surface area contributed by atoms with Crippen LogP contribution in [-0.2, 0) is 10.2 Å². The van der Waals surface area contributed by atoms with Crippen LogP contribution in [0.15, 0.2) is 0 Å². The van der Waals surface area contributed by atoms with Crippen molar-refractivity contribution in [2.45, 2.75) is 38.5 Å². The quantitative estimate of drug-likeness (QED) is 0.733. The van der Waals surface area contributed by atoms with Crippen molar-refractivity contribution in [1.82, 2.24) is 14.3 Å². The summed E-state index contributed by atoms with van der Waals surface area (Å²) in [5.41, 5.74) is 0. The van der Waals surface area contributed by atoms with Gasteiger partial charge in [-0.15, -0.1) is 0 Å². The molecule has 0 spiro atoms. The number of hydrogen-bond acceptors (Lipinski definition) is 3. The molecule has 1 heterocycles. The van der Waals surface area contributed by atoms with Crippen LogP contribution in [0.1, 0.15) is 38.5 Å². The zero-order chi connectivity index (χ0) is 13.7. The Morgan fingerprint density at radius 2 is 1.89 bits per heavy atom. The van der Waals surface area contributed by atoms with Gasteiger partial charge in [-0.2, -0.15) is 12.7 Å². The molecule has 1 saturated carbocycles. The summed E-state index contributed by atoms with van der Waals surface area (Å²) >= 11 is 0. The Bertz CT molecular complexity index is 366. The fourth-order valence-corrected chi connectivity index (χ4v) is 4.30. The van der Waals surface area contributed by atoms with Crippen LogP contribution in [0, 0.1) is 11.8 Å². The van der Waals surface area contributed by atoms with Gasteiger partial charge in [0.2, 0.25) is 0 Å². The first kappa shape index (κ1) is 15.2. The van der Waals surface area contributed by atoms with Crippen LogP contribution in [0.25, 0.3) is 0 Å². The summed E-state index contributed by atoms with van der Waals surface area (Å²) in [6.45, 7) is 2.81. The smallest absolute Gasteiger partial charge is 0.279 e.